The smallest absolute Gasteiger partial charge is 0.269 e. The molecule has 2 rings (SSSR count). The van der Waals surface area contributed by atoms with Gasteiger partial charge in [-0.2, -0.15) is 9.97 Å². The van der Waals surface area contributed by atoms with Crippen LogP contribution in [0, 0.1) is 10.1 Å². The molecule has 98 valence electrons. The number of nitro groups is 1. The van der Waals surface area contributed by atoms with Crippen molar-refractivity contribution < 1.29 is 4.92 Å². The van der Waals surface area contributed by atoms with Gasteiger partial charge >= 0.3 is 0 Å². The minimum atomic E-state index is -0.450. The predicted molar refractivity (Wildman–Crippen MR) is 70.3 cm³/mol. The van der Waals surface area contributed by atoms with E-state index in [2.05, 4.69) is 15.0 Å². The van der Waals surface area contributed by atoms with Gasteiger partial charge in [-0.1, -0.05) is 6.92 Å². The number of aromatic nitrogens is 3. The lowest BCUT2D eigenvalue weighted by Gasteiger charge is -2.04. The highest BCUT2D eigenvalue weighted by atomic mass is 16.6. The number of nitrogens with zero attached hydrogens (tertiary/aromatic N) is 4. The van der Waals surface area contributed by atoms with Crippen LogP contribution in [0.3, 0.4) is 0 Å². The molecule has 0 spiro atoms. The SMILES string of the molecule is CCCc1nc(N)nc(-c2ccc([N+](=O)[O-])cc2)n1. The molecule has 7 nitrogen and oxygen atoms in total. The van der Waals surface area contributed by atoms with Crippen LogP contribution in [0.1, 0.15) is 19.2 Å². The van der Waals surface area contributed by atoms with Crippen LogP contribution in [0.25, 0.3) is 11.4 Å². The van der Waals surface area contributed by atoms with E-state index in [1.165, 1.54) is 12.1 Å². The Bertz CT molecular complexity index is 598. The minimum absolute atomic E-state index is 0.0274. The average molecular weight is 259 g/mol. The normalized spacial score (nSPS) is 10.4. The summed E-state index contributed by atoms with van der Waals surface area (Å²) in [7, 11) is 0. The second-order valence-corrected chi connectivity index (χ2v) is 3.99. The summed E-state index contributed by atoms with van der Waals surface area (Å²) in [5, 5.41) is 10.6. The van der Waals surface area contributed by atoms with Crippen LogP contribution in [-0.2, 0) is 6.42 Å². The topological polar surface area (TPSA) is 108 Å². The molecule has 1 heterocycles. The number of hydrogen-bond acceptors (Lipinski definition) is 6. The Kier molecular flexibility index (Phi) is 3.65. The van der Waals surface area contributed by atoms with Crippen molar-refractivity contribution in [2.75, 3.05) is 5.73 Å². The van der Waals surface area contributed by atoms with E-state index in [1.54, 1.807) is 12.1 Å². The molecule has 0 bridgehead atoms. The standard InChI is InChI=1S/C12H13N5O2/c1-2-3-10-14-11(16-12(13)15-10)8-4-6-9(7-5-8)17(18)19/h4-7H,2-3H2,1H3,(H2,13,14,15,16). The summed E-state index contributed by atoms with van der Waals surface area (Å²) in [6, 6.07) is 6.02. The summed E-state index contributed by atoms with van der Waals surface area (Å²) in [4.78, 5) is 22.5. The fraction of sp³-hybridized carbons (Fsp3) is 0.250. The summed E-state index contributed by atoms with van der Waals surface area (Å²) >= 11 is 0. The summed E-state index contributed by atoms with van der Waals surface area (Å²) < 4.78 is 0. The van der Waals surface area contributed by atoms with Crippen LogP contribution in [-0.4, -0.2) is 19.9 Å². The van der Waals surface area contributed by atoms with Gasteiger partial charge in [-0.05, 0) is 18.6 Å². The van der Waals surface area contributed by atoms with E-state index >= 15 is 0 Å². The number of aryl methyl sites for hydroxylation is 1. The predicted octanol–water partition coefficient (Wildman–Crippen LogP) is 1.98. The Morgan fingerprint density at radius 1 is 1.21 bits per heavy atom. The van der Waals surface area contributed by atoms with Crippen LogP contribution < -0.4 is 5.73 Å². The fourth-order valence-electron chi connectivity index (χ4n) is 1.63. The van der Waals surface area contributed by atoms with Gasteiger partial charge in [0.1, 0.15) is 5.82 Å². The molecule has 0 radical (unpaired) electrons. The van der Waals surface area contributed by atoms with E-state index < -0.39 is 4.92 Å². The van der Waals surface area contributed by atoms with Crippen molar-refractivity contribution in [3.63, 3.8) is 0 Å². The Hall–Kier alpha value is -2.57. The van der Waals surface area contributed by atoms with Gasteiger partial charge in [0.15, 0.2) is 5.82 Å². The zero-order valence-electron chi connectivity index (χ0n) is 10.4. The lowest BCUT2D eigenvalue weighted by molar-refractivity contribution is -0.384. The molecular formula is C12H13N5O2. The van der Waals surface area contributed by atoms with E-state index in [1.807, 2.05) is 6.92 Å². The van der Waals surface area contributed by atoms with E-state index in [0.717, 1.165) is 6.42 Å². The van der Waals surface area contributed by atoms with Crippen molar-refractivity contribution in [3.05, 3.63) is 40.2 Å². The average Bonchev–Trinajstić information content (AvgIpc) is 2.38. The maximum absolute atomic E-state index is 10.6. The van der Waals surface area contributed by atoms with Crippen molar-refractivity contribution in [2.45, 2.75) is 19.8 Å². The molecule has 19 heavy (non-hydrogen) atoms. The lowest BCUT2D eigenvalue weighted by Crippen LogP contribution is -2.04. The Morgan fingerprint density at radius 3 is 2.47 bits per heavy atom. The van der Waals surface area contributed by atoms with Crippen LogP contribution in [0.4, 0.5) is 11.6 Å². The van der Waals surface area contributed by atoms with Gasteiger partial charge in [0, 0.05) is 24.1 Å². The molecule has 1 aromatic carbocycles. The molecular weight excluding hydrogens is 246 g/mol. The first kappa shape index (κ1) is 12.9. The lowest BCUT2D eigenvalue weighted by atomic mass is 10.2. The van der Waals surface area contributed by atoms with Crippen molar-refractivity contribution in [3.8, 4) is 11.4 Å². The van der Waals surface area contributed by atoms with E-state index in [9.17, 15) is 10.1 Å². The highest BCUT2D eigenvalue weighted by Crippen LogP contribution is 2.19. The van der Waals surface area contributed by atoms with E-state index in [-0.39, 0.29) is 11.6 Å². The van der Waals surface area contributed by atoms with Crippen LogP contribution in [0.2, 0.25) is 0 Å². The van der Waals surface area contributed by atoms with Crippen LogP contribution in [0.15, 0.2) is 24.3 Å². The number of nitrogens with two attached hydrogens (primary N) is 1. The zero-order valence-corrected chi connectivity index (χ0v) is 10.4. The number of non-ortho nitro benzene ring substituents is 1. The molecule has 0 atom stereocenters. The monoisotopic (exact) mass is 259 g/mol. The first-order chi connectivity index (χ1) is 9.10. The number of benzene rings is 1. The maximum atomic E-state index is 10.6. The molecule has 0 amide bonds. The van der Waals surface area contributed by atoms with Gasteiger partial charge < -0.3 is 5.73 Å². The Morgan fingerprint density at radius 2 is 1.89 bits per heavy atom. The number of anilines is 1. The van der Waals surface area contributed by atoms with Crippen LogP contribution >= 0.6 is 0 Å². The third-order valence-corrected chi connectivity index (χ3v) is 2.51. The molecule has 0 unspecified atom stereocenters. The molecule has 2 N–H and O–H groups in total. The maximum Gasteiger partial charge on any atom is 0.269 e. The molecule has 0 saturated heterocycles. The van der Waals surface area contributed by atoms with Crippen molar-refractivity contribution in [1.82, 2.24) is 15.0 Å². The van der Waals surface area contributed by atoms with Gasteiger partial charge in [-0.3, -0.25) is 10.1 Å². The molecule has 0 fully saturated rings. The number of hydrogen-bond donors (Lipinski definition) is 1. The zero-order chi connectivity index (χ0) is 13.8. The second-order valence-electron chi connectivity index (χ2n) is 3.99. The van der Waals surface area contributed by atoms with Crippen molar-refractivity contribution in [1.29, 1.82) is 0 Å². The van der Waals surface area contributed by atoms with Gasteiger partial charge in [0.2, 0.25) is 5.95 Å². The Balaban J connectivity index is 2.37. The van der Waals surface area contributed by atoms with Crippen LogP contribution in [0.5, 0.6) is 0 Å². The molecule has 0 aliphatic rings. The highest BCUT2D eigenvalue weighted by Gasteiger charge is 2.09. The second kappa shape index (κ2) is 5.38. The van der Waals surface area contributed by atoms with Crippen molar-refractivity contribution in [2.24, 2.45) is 0 Å². The largest absolute Gasteiger partial charge is 0.368 e. The summed E-state index contributed by atoms with van der Waals surface area (Å²) in [5.74, 6) is 1.22. The molecule has 1 aromatic heterocycles. The van der Waals surface area contributed by atoms with E-state index in [4.69, 9.17) is 5.73 Å². The highest BCUT2D eigenvalue weighted by molar-refractivity contribution is 5.58. The van der Waals surface area contributed by atoms with E-state index in [0.29, 0.717) is 23.6 Å². The first-order valence-electron chi connectivity index (χ1n) is 5.85. The summed E-state index contributed by atoms with van der Waals surface area (Å²) in [6.45, 7) is 2.02. The number of nitrogen functional groups attached to an aromatic ring is 1. The molecule has 0 aliphatic carbocycles. The molecule has 2 aromatic rings. The van der Waals surface area contributed by atoms with Gasteiger partial charge in [0.25, 0.3) is 5.69 Å². The molecule has 7 heteroatoms. The quantitative estimate of drug-likeness (QED) is 0.664. The number of rotatable bonds is 4. The molecule has 0 aliphatic heterocycles. The first-order valence-corrected chi connectivity index (χ1v) is 5.85. The summed E-state index contributed by atoms with van der Waals surface area (Å²) in [5.41, 5.74) is 6.34. The molecule has 0 saturated carbocycles. The number of nitro benzene ring substituents is 1. The van der Waals surface area contributed by atoms with Gasteiger partial charge in [-0.25, -0.2) is 4.98 Å². The van der Waals surface area contributed by atoms with Gasteiger partial charge in [0.05, 0.1) is 4.92 Å². The van der Waals surface area contributed by atoms with Gasteiger partial charge in [-0.15, -0.1) is 0 Å². The minimum Gasteiger partial charge on any atom is -0.368 e. The summed E-state index contributed by atoms with van der Waals surface area (Å²) in [6.07, 6.45) is 1.62. The van der Waals surface area contributed by atoms with Crippen molar-refractivity contribution >= 4 is 11.6 Å². The Labute approximate surface area is 109 Å². The third-order valence-electron chi connectivity index (χ3n) is 2.51. The third kappa shape index (κ3) is 3.01. The fourth-order valence-corrected chi connectivity index (χ4v) is 1.63.